The van der Waals surface area contributed by atoms with E-state index in [4.69, 9.17) is 4.74 Å². The molecule has 0 aromatic heterocycles. The molecule has 0 bridgehead atoms. The predicted octanol–water partition coefficient (Wildman–Crippen LogP) is 0.289. The molecule has 5 nitrogen and oxygen atoms in total. The number of ketones is 1. The molecule has 5 heteroatoms. The van der Waals surface area contributed by atoms with Crippen LogP contribution in [0.2, 0.25) is 0 Å². The molecule has 0 unspecified atom stereocenters. The van der Waals surface area contributed by atoms with Crippen LogP contribution in [0.4, 0.5) is 0 Å². The summed E-state index contributed by atoms with van der Waals surface area (Å²) < 4.78 is 5.08. The fourth-order valence-electron chi connectivity index (χ4n) is 2.32. The highest BCUT2D eigenvalue weighted by molar-refractivity contribution is 5.84. The lowest BCUT2D eigenvalue weighted by molar-refractivity contribution is -0.135. The maximum Gasteiger partial charge on any atom is 0.236 e. The average Bonchev–Trinajstić information content (AvgIpc) is 3.19. The lowest BCUT2D eigenvalue weighted by atomic mass is 10.1. The van der Waals surface area contributed by atoms with Crippen molar-refractivity contribution < 1.29 is 14.3 Å². The second kappa shape index (κ2) is 6.29. The summed E-state index contributed by atoms with van der Waals surface area (Å²) in [6, 6.07) is 0.565. The number of hydrogen-bond donors (Lipinski definition) is 0. The van der Waals surface area contributed by atoms with E-state index in [0.717, 1.165) is 6.54 Å². The number of carbonyl (C=O) groups excluding carboxylic acids is 2. The van der Waals surface area contributed by atoms with Crippen LogP contribution in [-0.4, -0.2) is 67.4 Å². The number of Topliss-reactive ketones (excluding diaryl/α,β-unsaturated/α-hetero) is 1. The van der Waals surface area contributed by atoms with Crippen LogP contribution in [0.5, 0.6) is 0 Å². The number of nitrogens with zero attached hydrogens (tertiary/aromatic N) is 2. The van der Waals surface area contributed by atoms with Crippen molar-refractivity contribution in [2.24, 2.45) is 0 Å². The monoisotopic (exact) mass is 254 g/mol. The van der Waals surface area contributed by atoms with E-state index < -0.39 is 0 Å². The minimum atomic E-state index is 0.158. The van der Waals surface area contributed by atoms with E-state index in [1.54, 1.807) is 7.11 Å². The van der Waals surface area contributed by atoms with Gasteiger partial charge >= 0.3 is 0 Å². The molecule has 1 saturated carbocycles. The molecule has 0 spiro atoms. The van der Waals surface area contributed by atoms with Gasteiger partial charge in [-0.3, -0.25) is 14.5 Å². The maximum absolute atomic E-state index is 12.1. The Morgan fingerprint density at radius 1 is 1.39 bits per heavy atom. The van der Waals surface area contributed by atoms with Crippen molar-refractivity contribution >= 4 is 11.7 Å². The zero-order valence-electron chi connectivity index (χ0n) is 11.1. The van der Waals surface area contributed by atoms with Gasteiger partial charge in [-0.2, -0.15) is 0 Å². The van der Waals surface area contributed by atoms with Crippen LogP contribution in [0.15, 0.2) is 0 Å². The summed E-state index contributed by atoms with van der Waals surface area (Å²) in [6.45, 7) is 3.16. The summed E-state index contributed by atoms with van der Waals surface area (Å²) in [5.74, 6) is 0.433. The molecule has 18 heavy (non-hydrogen) atoms. The van der Waals surface area contributed by atoms with Crippen LogP contribution in [0.25, 0.3) is 0 Å². The van der Waals surface area contributed by atoms with Crippen LogP contribution >= 0.6 is 0 Å². The molecule has 0 N–H and O–H groups in total. The molecule has 0 atom stereocenters. The number of piperidine rings is 1. The van der Waals surface area contributed by atoms with Crippen molar-refractivity contribution in [1.29, 1.82) is 0 Å². The number of likely N-dealkylation sites (tertiary alicyclic amines) is 1. The standard InChI is InChI=1S/C13H22N2O3/c1-18-9-8-15(11-2-3-11)10-13(17)14-6-4-12(16)5-7-14/h11H,2-10H2,1H3. The van der Waals surface area contributed by atoms with E-state index in [9.17, 15) is 9.59 Å². The van der Waals surface area contributed by atoms with Crippen LogP contribution in [0.3, 0.4) is 0 Å². The van der Waals surface area contributed by atoms with Gasteiger partial charge in [0.15, 0.2) is 0 Å². The normalized spacial score (nSPS) is 20.6. The molecular formula is C13H22N2O3. The van der Waals surface area contributed by atoms with Gasteiger partial charge in [0.2, 0.25) is 5.91 Å². The van der Waals surface area contributed by atoms with E-state index >= 15 is 0 Å². The van der Waals surface area contributed by atoms with Crippen molar-refractivity contribution in [2.45, 2.75) is 31.7 Å². The summed E-state index contributed by atoms with van der Waals surface area (Å²) in [5, 5.41) is 0. The highest BCUT2D eigenvalue weighted by Gasteiger charge is 2.31. The molecular weight excluding hydrogens is 232 g/mol. The number of methoxy groups -OCH3 is 1. The summed E-state index contributed by atoms with van der Waals surface area (Å²) in [6.07, 6.45) is 3.42. The van der Waals surface area contributed by atoms with Gasteiger partial charge in [-0.05, 0) is 12.8 Å². The predicted molar refractivity (Wildman–Crippen MR) is 67.3 cm³/mol. The summed E-state index contributed by atoms with van der Waals surface area (Å²) >= 11 is 0. The van der Waals surface area contributed by atoms with Gasteiger partial charge in [0.25, 0.3) is 0 Å². The van der Waals surface area contributed by atoms with E-state index in [0.29, 0.717) is 45.1 Å². The summed E-state index contributed by atoms with van der Waals surface area (Å²) in [7, 11) is 1.68. The number of hydrogen-bond acceptors (Lipinski definition) is 4. The van der Waals surface area contributed by atoms with Gasteiger partial charge in [0.1, 0.15) is 5.78 Å². The van der Waals surface area contributed by atoms with Crippen molar-refractivity contribution in [1.82, 2.24) is 9.80 Å². The third kappa shape index (κ3) is 3.78. The minimum absolute atomic E-state index is 0.158. The first-order valence-electron chi connectivity index (χ1n) is 6.73. The Morgan fingerprint density at radius 3 is 2.61 bits per heavy atom. The first-order chi connectivity index (χ1) is 8.70. The van der Waals surface area contributed by atoms with Gasteiger partial charge in [0.05, 0.1) is 13.2 Å². The molecule has 1 aliphatic carbocycles. The van der Waals surface area contributed by atoms with Crippen molar-refractivity contribution in [3.63, 3.8) is 0 Å². The third-order valence-electron chi connectivity index (χ3n) is 3.66. The van der Waals surface area contributed by atoms with Crippen molar-refractivity contribution in [3.05, 3.63) is 0 Å². The lowest BCUT2D eigenvalue weighted by Gasteiger charge is -2.29. The molecule has 0 aromatic rings. The Labute approximate surface area is 108 Å². The van der Waals surface area contributed by atoms with Gasteiger partial charge in [-0.1, -0.05) is 0 Å². The maximum atomic E-state index is 12.1. The highest BCUT2D eigenvalue weighted by atomic mass is 16.5. The summed E-state index contributed by atoms with van der Waals surface area (Å²) in [5.41, 5.74) is 0. The van der Waals surface area contributed by atoms with Crippen molar-refractivity contribution in [3.8, 4) is 0 Å². The zero-order valence-corrected chi connectivity index (χ0v) is 11.1. The first-order valence-corrected chi connectivity index (χ1v) is 6.73. The van der Waals surface area contributed by atoms with Crippen molar-refractivity contribution in [2.75, 3.05) is 39.9 Å². The number of carbonyl (C=O) groups is 2. The van der Waals surface area contributed by atoms with Gasteiger partial charge in [0, 0.05) is 45.6 Å². The van der Waals surface area contributed by atoms with E-state index in [2.05, 4.69) is 4.90 Å². The molecule has 0 aromatic carbocycles. The SMILES string of the molecule is COCCN(CC(=O)N1CCC(=O)CC1)C1CC1. The van der Waals surface area contributed by atoms with Gasteiger partial charge in [-0.15, -0.1) is 0 Å². The number of amides is 1. The molecule has 1 saturated heterocycles. The second-order valence-corrected chi connectivity index (χ2v) is 5.11. The van der Waals surface area contributed by atoms with Gasteiger partial charge < -0.3 is 9.64 Å². The molecule has 2 aliphatic rings. The molecule has 102 valence electrons. The molecule has 2 rings (SSSR count). The minimum Gasteiger partial charge on any atom is -0.383 e. The Hall–Kier alpha value is -0.940. The molecule has 1 heterocycles. The largest absolute Gasteiger partial charge is 0.383 e. The summed E-state index contributed by atoms with van der Waals surface area (Å²) in [4.78, 5) is 27.3. The van der Waals surface area contributed by atoms with E-state index in [1.807, 2.05) is 4.90 Å². The molecule has 0 radical (unpaired) electrons. The van der Waals surface area contributed by atoms with E-state index in [1.165, 1.54) is 12.8 Å². The number of ether oxygens (including phenoxy) is 1. The molecule has 1 aliphatic heterocycles. The average molecular weight is 254 g/mol. The van der Waals surface area contributed by atoms with Gasteiger partial charge in [-0.25, -0.2) is 0 Å². The Morgan fingerprint density at radius 2 is 2.06 bits per heavy atom. The third-order valence-corrected chi connectivity index (χ3v) is 3.66. The topological polar surface area (TPSA) is 49.9 Å². The quantitative estimate of drug-likeness (QED) is 0.683. The Kier molecular flexibility index (Phi) is 4.72. The second-order valence-electron chi connectivity index (χ2n) is 5.11. The molecule has 1 amide bonds. The van der Waals surface area contributed by atoms with Crippen LogP contribution in [0.1, 0.15) is 25.7 Å². The van der Waals surface area contributed by atoms with Crippen LogP contribution in [0, 0.1) is 0 Å². The van der Waals surface area contributed by atoms with Crippen LogP contribution in [-0.2, 0) is 14.3 Å². The number of rotatable bonds is 6. The first kappa shape index (κ1) is 13.5. The van der Waals surface area contributed by atoms with E-state index in [-0.39, 0.29) is 11.7 Å². The fraction of sp³-hybridized carbons (Fsp3) is 0.846. The Bertz CT molecular complexity index is 305. The smallest absolute Gasteiger partial charge is 0.236 e. The molecule has 2 fully saturated rings. The lowest BCUT2D eigenvalue weighted by Crippen LogP contribution is -2.45. The highest BCUT2D eigenvalue weighted by Crippen LogP contribution is 2.26. The van der Waals surface area contributed by atoms with Crippen LogP contribution < -0.4 is 0 Å². The zero-order chi connectivity index (χ0) is 13.0. The Balaban J connectivity index is 1.78. The fourth-order valence-corrected chi connectivity index (χ4v) is 2.32.